The number of aromatic amines is 1. The third kappa shape index (κ3) is 2.85. The molecule has 2 aromatic rings. The summed E-state index contributed by atoms with van der Waals surface area (Å²) in [5.74, 6) is -0.296. The lowest BCUT2D eigenvalue weighted by Crippen LogP contribution is -2.14. The molecule has 18 heavy (non-hydrogen) atoms. The van der Waals surface area contributed by atoms with E-state index in [1.807, 2.05) is 0 Å². The van der Waals surface area contributed by atoms with E-state index in [-0.39, 0.29) is 16.2 Å². The van der Waals surface area contributed by atoms with E-state index in [4.69, 9.17) is 23.2 Å². The van der Waals surface area contributed by atoms with Gasteiger partial charge in [-0.25, -0.2) is 4.98 Å². The minimum Gasteiger partial charge on any atom is -0.356 e. The molecule has 0 saturated carbocycles. The Labute approximate surface area is 122 Å². The van der Waals surface area contributed by atoms with Crippen LogP contribution in [-0.2, 0) is 0 Å². The Morgan fingerprint density at radius 3 is 2.72 bits per heavy atom. The van der Waals surface area contributed by atoms with Gasteiger partial charge in [-0.15, -0.1) is 0 Å². The first kappa shape index (κ1) is 13.4. The molecule has 2 N–H and O–H groups in total. The number of amides is 1. The van der Waals surface area contributed by atoms with Crippen molar-refractivity contribution in [2.45, 2.75) is 6.92 Å². The van der Waals surface area contributed by atoms with Crippen LogP contribution in [0, 0.1) is 6.92 Å². The summed E-state index contributed by atoms with van der Waals surface area (Å²) >= 11 is 15.0. The summed E-state index contributed by atoms with van der Waals surface area (Å²) in [6.07, 6.45) is 1.67. The Bertz CT molecular complexity index is 589. The summed E-state index contributed by atoms with van der Waals surface area (Å²) in [7, 11) is 0. The molecule has 0 atom stereocenters. The van der Waals surface area contributed by atoms with E-state index < -0.39 is 0 Å². The molecule has 0 aliphatic carbocycles. The highest BCUT2D eigenvalue weighted by atomic mass is 79.9. The van der Waals surface area contributed by atoms with Gasteiger partial charge in [-0.2, -0.15) is 0 Å². The van der Waals surface area contributed by atoms with Crippen molar-refractivity contribution >= 4 is 50.7 Å². The number of anilines is 1. The Hall–Kier alpha value is -1.04. The average Bonchev–Trinajstić information content (AvgIpc) is 2.70. The van der Waals surface area contributed by atoms with Crippen LogP contribution in [0.1, 0.15) is 16.1 Å². The number of hydrogen-bond donors (Lipinski definition) is 2. The van der Waals surface area contributed by atoms with E-state index in [0.29, 0.717) is 11.4 Å². The van der Waals surface area contributed by atoms with Crippen LogP contribution in [-0.4, -0.2) is 15.9 Å². The molecule has 0 fully saturated rings. The Kier molecular flexibility index (Phi) is 3.94. The normalized spacial score (nSPS) is 10.4. The van der Waals surface area contributed by atoms with Crippen molar-refractivity contribution in [3.8, 4) is 0 Å². The van der Waals surface area contributed by atoms with Crippen molar-refractivity contribution in [2.24, 2.45) is 0 Å². The lowest BCUT2D eigenvalue weighted by atomic mass is 10.2. The number of H-pyrrole nitrogens is 1. The summed E-state index contributed by atoms with van der Waals surface area (Å²) in [6, 6.07) is 3.30. The number of rotatable bonds is 2. The second-order valence-electron chi connectivity index (χ2n) is 3.61. The standard InChI is InChI=1S/C11H8BrCl2N3O/c1-5-2-8(13)16-10(14)9(5)17-11(18)7-3-6(12)4-15-7/h2-4,15H,1H3,(H,17,18). The molecule has 94 valence electrons. The van der Waals surface area contributed by atoms with E-state index in [0.717, 1.165) is 10.0 Å². The van der Waals surface area contributed by atoms with Gasteiger partial charge in [0.25, 0.3) is 5.91 Å². The Morgan fingerprint density at radius 1 is 1.44 bits per heavy atom. The maximum Gasteiger partial charge on any atom is 0.272 e. The Balaban J connectivity index is 2.27. The number of hydrogen-bond acceptors (Lipinski definition) is 2. The molecular weight excluding hydrogens is 341 g/mol. The van der Waals surface area contributed by atoms with Crippen molar-refractivity contribution in [3.05, 3.63) is 44.4 Å². The molecule has 0 aromatic carbocycles. The molecule has 0 radical (unpaired) electrons. The van der Waals surface area contributed by atoms with Crippen molar-refractivity contribution in [1.82, 2.24) is 9.97 Å². The number of aryl methyl sites for hydroxylation is 1. The summed E-state index contributed by atoms with van der Waals surface area (Å²) in [5.41, 5.74) is 1.63. The minimum atomic E-state index is -0.296. The molecule has 0 aliphatic heterocycles. The highest BCUT2D eigenvalue weighted by Crippen LogP contribution is 2.27. The lowest BCUT2D eigenvalue weighted by Gasteiger charge is -2.09. The zero-order valence-electron chi connectivity index (χ0n) is 9.22. The predicted octanol–water partition coefficient (Wildman–Crippen LogP) is 4.04. The molecule has 0 spiro atoms. The second-order valence-corrected chi connectivity index (χ2v) is 5.27. The van der Waals surface area contributed by atoms with Crippen LogP contribution in [0.4, 0.5) is 5.69 Å². The largest absolute Gasteiger partial charge is 0.356 e. The van der Waals surface area contributed by atoms with Gasteiger partial charge in [0, 0.05) is 10.7 Å². The van der Waals surface area contributed by atoms with Gasteiger partial charge in [-0.3, -0.25) is 4.79 Å². The lowest BCUT2D eigenvalue weighted by molar-refractivity contribution is 0.102. The third-order valence-corrected chi connectivity index (χ3v) is 3.20. The van der Waals surface area contributed by atoms with Gasteiger partial charge in [-0.1, -0.05) is 23.2 Å². The number of halogens is 3. The number of nitrogens with zero attached hydrogens (tertiary/aromatic N) is 1. The van der Waals surface area contributed by atoms with E-state index in [1.54, 1.807) is 25.3 Å². The summed E-state index contributed by atoms with van der Waals surface area (Å²) in [5, 5.41) is 3.15. The number of nitrogens with one attached hydrogen (secondary N) is 2. The molecule has 0 bridgehead atoms. The zero-order valence-corrected chi connectivity index (χ0v) is 12.3. The van der Waals surface area contributed by atoms with E-state index in [9.17, 15) is 4.79 Å². The van der Waals surface area contributed by atoms with Gasteiger partial charge >= 0.3 is 0 Å². The van der Waals surface area contributed by atoms with Crippen LogP contribution >= 0.6 is 39.1 Å². The average molecular weight is 349 g/mol. The van der Waals surface area contributed by atoms with Gasteiger partial charge in [0.1, 0.15) is 10.8 Å². The molecule has 0 unspecified atom stereocenters. The van der Waals surface area contributed by atoms with Crippen LogP contribution in [0.3, 0.4) is 0 Å². The van der Waals surface area contributed by atoms with Crippen molar-refractivity contribution < 1.29 is 4.79 Å². The summed E-state index contributed by atoms with van der Waals surface area (Å²) in [6.45, 7) is 1.79. The van der Waals surface area contributed by atoms with E-state index in [1.165, 1.54) is 0 Å². The monoisotopic (exact) mass is 347 g/mol. The first-order valence-electron chi connectivity index (χ1n) is 4.95. The minimum absolute atomic E-state index is 0.166. The third-order valence-electron chi connectivity index (χ3n) is 2.27. The van der Waals surface area contributed by atoms with Gasteiger partial charge in [-0.05, 0) is 40.5 Å². The van der Waals surface area contributed by atoms with Crippen LogP contribution in [0.2, 0.25) is 10.3 Å². The van der Waals surface area contributed by atoms with Gasteiger partial charge in [0.05, 0.1) is 5.69 Å². The van der Waals surface area contributed by atoms with Crippen LogP contribution in [0.25, 0.3) is 0 Å². The molecular formula is C11H8BrCl2N3O. The summed E-state index contributed by atoms with van der Waals surface area (Å²) < 4.78 is 0.796. The molecule has 2 rings (SSSR count). The van der Waals surface area contributed by atoms with Gasteiger partial charge in [0.2, 0.25) is 0 Å². The van der Waals surface area contributed by atoms with Crippen LogP contribution < -0.4 is 5.32 Å². The van der Waals surface area contributed by atoms with Crippen molar-refractivity contribution in [3.63, 3.8) is 0 Å². The highest BCUT2D eigenvalue weighted by Gasteiger charge is 2.13. The number of aromatic nitrogens is 2. The van der Waals surface area contributed by atoms with Crippen LogP contribution in [0.5, 0.6) is 0 Å². The molecule has 0 aliphatic rings. The number of carbonyl (C=O) groups is 1. The molecule has 7 heteroatoms. The first-order chi connectivity index (χ1) is 8.47. The fraction of sp³-hybridized carbons (Fsp3) is 0.0909. The first-order valence-corrected chi connectivity index (χ1v) is 6.50. The van der Waals surface area contributed by atoms with E-state index >= 15 is 0 Å². The number of carbonyl (C=O) groups excluding carboxylic acids is 1. The van der Waals surface area contributed by atoms with Crippen LogP contribution in [0.15, 0.2) is 22.8 Å². The fourth-order valence-electron chi connectivity index (χ4n) is 1.43. The van der Waals surface area contributed by atoms with E-state index in [2.05, 4.69) is 31.2 Å². The Morgan fingerprint density at radius 2 is 2.17 bits per heavy atom. The number of pyridine rings is 1. The highest BCUT2D eigenvalue weighted by molar-refractivity contribution is 9.10. The van der Waals surface area contributed by atoms with Crippen molar-refractivity contribution in [2.75, 3.05) is 5.32 Å². The quantitative estimate of drug-likeness (QED) is 0.804. The summed E-state index contributed by atoms with van der Waals surface area (Å²) in [4.78, 5) is 18.6. The topological polar surface area (TPSA) is 57.8 Å². The second kappa shape index (κ2) is 5.30. The maximum absolute atomic E-state index is 11.9. The van der Waals surface area contributed by atoms with Crippen molar-refractivity contribution in [1.29, 1.82) is 0 Å². The molecule has 4 nitrogen and oxygen atoms in total. The SMILES string of the molecule is Cc1cc(Cl)nc(Cl)c1NC(=O)c1cc(Br)c[nH]1. The predicted molar refractivity (Wildman–Crippen MR) is 75.4 cm³/mol. The fourth-order valence-corrected chi connectivity index (χ4v) is 2.35. The molecule has 1 amide bonds. The smallest absolute Gasteiger partial charge is 0.272 e. The molecule has 0 saturated heterocycles. The molecule has 2 heterocycles. The van der Waals surface area contributed by atoms with Gasteiger partial charge in [0.15, 0.2) is 5.15 Å². The van der Waals surface area contributed by atoms with Gasteiger partial charge < -0.3 is 10.3 Å². The maximum atomic E-state index is 11.9. The zero-order chi connectivity index (χ0) is 13.3. The molecule has 2 aromatic heterocycles.